The van der Waals surface area contributed by atoms with Gasteiger partial charge in [0.2, 0.25) is 5.91 Å². The first kappa shape index (κ1) is 22.5. The van der Waals surface area contributed by atoms with Crippen LogP contribution in [0.5, 0.6) is 0 Å². The van der Waals surface area contributed by atoms with Crippen molar-refractivity contribution in [2.24, 2.45) is 0 Å². The van der Waals surface area contributed by atoms with Crippen LogP contribution in [-0.4, -0.2) is 11.7 Å². The van der Waals surface area contributed by atoms with Crippen molar-refractivity contribution in [3.8, 4) is 0 Å². The lowest BCUT2D eigenvalue weighted by Crippen LogP contribution is -2.17. The van der Waals surface area contributed by atoms with Gasteiger partial charge in [0.05, 0.1) is 5.75 Å². The van der Waals surface area contributed by atoms with Crippen LogP contribution in [-0.2, 0) is 16.0 Å². The Hall–Kier alpha value is -1.74. The van der Waals surface area contributed by atoms with Crippen LogP contribution in [0, 0.1) is 0 Å². The van der Waals surface area contributed by atoms with Crippen molar-refractivity contribution in [2.75, 3.05) is 11.1 Å². The summed E-state index contributed by atoms with van der Waals surface area (Å²) in [5.41, 5.74) is 6.20. The fourth-order valence-electron chi connectivity index (χ4n) is 3.23. The first-order valence-corrected chi connectivity index (χ1v) is 11.3. The quantitative estimate of drug-likeness (QED) is 0.539. The SMILES string of the molecule is CC(C)c1cccc(C(C)C)c1NC(=O)CSCc1ccc(C(C)(C)C)cc1. The van der Waals surface area contributed by atoms with Crippen molar-refractivity contribution in [3.63, 3.8) is 0 Å². The molecule has 3 heteroatoms. The summed E-state index contributed by atoms with van der Waals surface area (Å²) < 4.78 is 0. The number of rotatable bonds is 7. The van der Waals surface area contributed by atoms with Crippen molar-refractivity contribution in [2.45, 2.75) is 71.5 Å². The van der Waals surface area contributed by atoms with Gasteiger partial charge in [-0.2, -0.15) is 0 Å². The molecule has 0 aliphatic carbocycles. The zero-order chi connectivity index (χ0) is 20.9. The van der Waals surface area contributed by atoms with E-state index in [9.17, 15) is 4.79 Å². The lowest BCUT2D eigenvalue weighted by atomic mass is 9.87. The molecule has 0 aliphatic heterocycles. The first-order chi connectivity index (χ1) is 13.1. The van der Waals surface area contributed by atoms with Crippen LogP contribution in [0.15, 0.2) is 42.5 Å². The number of amides is 1. The van der Waals surface area contributed by atoms with E-state index in [1.54, 1.807) is 11.8 Å². The molecule has 0 aliphatic rings. The summed E-state index contributed by atoms with van der Waals surface area (Å²) in [6.07, 6.45) is 0. The van der Waals surface area contributed by atoms with Gasteiger partial charge in [-0.15, -0.1) is 11.8 Å². The fourth-order valence-corrected chi connectivity index (χ4v) is 4.02. The van der Waals surface area contributed by atoms with E-state index in [0.717, 1.165) is 11.4 Å². The molecule has 0 atom stereocenters. The van der Waals surface area contributed by atoms with E-state index in [0.29, 0.717) is 17.6 Å². The minimum absolute atomic E-state index is 0.0753. The molecule has 2 rings (SSSR count). The van der Waals surface area contributed by atoms with Crippen LogP contribution in [0.25, 0.3) is 0 Å². The number of para-hydroxylation sites is 1. The van der Waals surface area contributed by atoms with Crippen LogP contribution < -0.4 is 5.32 Å². The molecule has 2 aromatic carbocycles. The van der Waals surface area contributed by atoms with E-state index in [-0.39, 0.29) is 11.3 Å². The molecule has 0 saturated carbocycles. The Morgan fingerprint density at radius 1 is 0.929 bits per heavy atom. The van der Waals surface area contributed by atoms with Gasteiger partial charge in [0.15, 0.2) is 0 Å². The molecular formula is C25H35NOS. The van der Waals surface area contributed by atoms with Gasteiger partial charge in [-0.05, 0) is 39.5 Å². The summed E-state index contributed by atoms with van der Waals surface area (Å²) in [5.74, 6) is 2.14. The lowest BCUT2D eigenvalue weighted by Gasteiger charge is -2.20. The molecule has 0 spiro atoms. The van der Waals surface area contributed by atoms with E-state index >= 15 is 0 Å². The number of carbonyl (C=O) groups is 1. The maximum absolute atomic E-state index is 12.6. The highest BCUT2D eigenvalue weighted by molar-refractivity contribution is 7.99. The highest BCUT2D eigenvalue weighted by Crippen LogP contribution is 2.32. The van der Waals surface area contributed by atoms with Gasteiger partial charge in [-0.1, -0.05) is 90.9 Å². The molecule has 0 radical (unpaired) electrons. The Kier molecular flexibility index (Phi) is 7.77. The maximum atomic E-state index is 12.6. The number of benzene rings is 2. The smallest absolute Gasteiger partial charge is 0.234 e. The van der Waals surface area contributed by atoms with Crippen molar-refractivity contribution >= 4 is 23.4 Å². The molecule has 1 amide bonds. The van der Waals surface area contributed by atoms with Gasteiger partial charge in [-0.3, -0.25) is 4.79 Å². The van der Waals surface area contributed by atoms with E-state index in [1.807, 2.05) is 0 Å². The van der Waals surface area contributed by atoms with Crippen LogP contribution in [0.4, 0.5) is 5.69 Å². The second kappa shape index (κ2) is 9.65. The molecule has 2 aromatic rings. The second-order valence-electron chi connectivity index (χ2n) is 9.11. The highest BCUT2D eigenvalue weighted by atomic mass is 32.2. The van der Waals surface area contributed by atoms with Crippen molar-refractivity contribution in [1.29, 1.82) is 0 Å². The van der Waals surface area contributed by atoms with Crippen molar-refractivity contribution in [3.05, 3.63) is 64.7 Å². The van der Waals surface area contributed by atoms with Gasteiger partial charge in [0.1, 0.15) is 0 Å². The molecular weight excluding hydrogens is 362 g/mol. The molecule has 0 aromatic heterocycles. The third kappa shape index (κ3) is 6.13. The van der Waals surface area contributed by atoms with Gasteiger partial charge in [0, 0.05) is 11.4 Å². The maximum Gasteiger partial charge on any atom is 0.234 e. The molecule has 0 heterocycles. The molecule has 0 fully saturated rings. The Morgan fingerprint density at radius 3 is 1.93 bits per heavy atom. The predicted octanol–water partition coefficient (Wildman–Crippen LogP) is 7.10. The van der Waals surface area contributed by atoms with E-state index in [2.05, 4.69) is 96.2 Å². The van der Waals surface area contributed by atoms with Gasteiger partial charge in [-0.25, -0.2) is 0 Å². The number of anilines is 1. The molecule has 0 saturated heterocycles. The van der Waals surface area contributed by atoms with Crippen molar-refractivity contribution < 1.29 is 4.79 Å². The summed E-state index contributed by atoms with van der Waals surface area (Å²) in [6, 6.07) is 15.1. The number of hydrogen-bond donors (Lipinski definition) is 1. The van der Waals surface area contributed by atoms with E-state index < -0.39 is 0 Å². The summed E-state index contributed by atoms with van der Waals surface area (Å²) in [5, 5.41) is 3.20. The van der Waals surface area contributed by atoms with Gasteiger partial charge in [0.25, 0.3) is 0 Å². The molecule has 0 unspecified atom stereocenters. The summed E-state index contributed by atoms with van der Waals surface area (Å²) in [7, 11) is 0. The normalized spacial score (nSPS) is 11.9. The van der Waals surface area contributed by atoms with Gasteiger partial charge < -0.3 is 5.32 Å². The molecule has 1 N–H and O–H groups in total. The first-order valence-electron chi connectivity index (χ1n) is 10.2. The standard InChI is InChI=1S/C25H35NOS/c1-17(2)21-9-8-10-22(18(3)4)24(21)26-23(27)16-28-15-19-11-13-20(14-12-19)25(5,6)7/h8-14,17-18H,15-16H2,1-7H3,(H,26,27). The van der Waals surface area contributed by atoms with Gasteiger partial charge >= 0.3 is 0 Å². The second-order valence-corrected chi connectivity index (χ2v) is 10.1. The minimum Gasteiger partial charge on any atom is -0.325 e. The number of nitrogens with one attached hydrogen (secondary N) is 1. The summed E-state index contributed by atoms with van der Waals surface area (Å²) in [6.45, 7) is 15.4. The predicted molar refractivity (Wildman–Crippen MR) is 125 cm³/mol. The Balaban J connectivity index is 1.98. The zero-order valence-electron chi connectivity index (χ0n) is 18.4. The van der Waals surface area contributed by atoms with Crippen LogP contribution >= 0.6 is 11.8 Å². The Labute approximate surface area is 175 Å². The van der Waals surface area contributed by atoms with Crippen LogP contribution in [0.3, 0.4) is 0 Å². The average Bonchev–Trinajstić information content (AvgIpc) is 2.61. The molecule has 0 bridgehead atoms. The lowest BCUT2D eigenvalue weighted by molar-refractivity contribution is -0.113. The summed E-state index contributed by atoms with van der Waals surface area (Å²) >= 11 is 1.66. The number of thioether (sulfide) groups is 1. The molecule has 28 heavy (non-hydrogen) atoms. The molecule has 152 valence electrons. The summed E-state index contributed by atoms with van der Waals surface area (Å²) in [4.78, 5) is 12.6. The minimum atomic E-state index is 0.0753. The van der Waals surface area contributed by atoms with Crippen molar-refractivity contribution in [1.82, 2.24) is 0 Å². The monoisotopic (exact) mass is 397 g/mol. The third-order valence-electron chi connectivity index (χ3n) is 4.96. The van der Waals surface area contributed by atoms with E-state index in [4.69, 9.17) is 0 Å². The average molecular weight is 398 g/mol. The zero-order valence-corrected chi connectivity index (χ0v) is 19.2. The Bertz CT molecular complexity index is 759. The van der Waals surface area contributed by atoms with Crippen LogP contribution in [0.1, 0.15) is 82.6 Å². The fraction of sp³-hybridized carbons (Fsp3) is 0.480. The molecule has 2 nitrogen and oxygen atoms in total. The number of carbonyl (C=O) groups excluding carboxylic acids is 1. The largest absolute Gasteiger partial charge is 0.325 e. The van der Waals surface area contributed by atoms with E-state index in [1.165, 1.54) is 22.3 Å². The Morgan fingerprint density at radius 2 is 1.46 bits per heavy atom. The van der Waals surface area contributed by atoms with Crippen LogP contribution in [0.2, 0.25) is 0 Å². The topological polar surface area (TPSA) is 29.1 Å². The third-order valence-corrected chi connectivity index (χ3v) is 5.96. The number of hydrogen-bond acceptors (Lipinski definition) is 2. The highest BCUT2D eigenvalue weighted by Gasteiger charge is 2.16.